The van der Waals surface area contributed by atoms with E-state index in [-0.39, 0.29) is 28.7 Å². The van der Waals surface area contributed by atoms with E-state index in [1.807, 2.05) is 24.3 Å². The molecule has 0 aliphatic heterocycles. The van der Waals surface area contributed by atoms with Crippen molar-refractivity contribution in [1.29, 1.82) is 0 Å². The number of nitrogens with zero attached hydrogens (tertiary/aromatic N) is 3. The van der Waals surface area contributed by atoms with Gasteiger partial charge in [-0.1, -0.05) is 47.5 Å². The molecule has 0 radical (unpaired) electrons. The lowest BCUT2D eigenvalue weighted by Crippen LogP contribution is -2.35. The molecule has 2 aromatic carbocycles. The number of carbonyl (C=O) groups excluding carboxylic acids is 2. The molecule has 0 saturated heterocycles. The lowest BCUT2D eigenvalue weighted by atomic mass is 10.1. The Balaban J connectivity index is 1.70. The highest BCUT2D eigenvalue weighted by Gasteiger charge is 2.21. The van der Waals surface area contributed by atoms with Crippen molar-refractivity contribution < 1.29 is 14.7 Å². The minimum atomic E-state index is -0.517. The minimum absolute atomic E-state index is 0.0702. The SMILES string of the molecule is C[C@H](CO)NC(=O)c1cc(NC(=O)c2cc(-c3ccccn3)c(Cl)cc2Cl)n(-c2ccccc2)n1. The van der Waals surface area contributed by atoms with Gasteiger partial charge in [0.05, 0.1) is 33.6 Å². The predicted molar refractivity (Wildman–Crippen MR) is 135 cm³/mol. The number of halogens is 2. The quantitative estimate of drug-likeness (QED) is 0.337. The molecule has 0 fully saturated rings. The lowest BCUT2D eigenvalue weighted by Gasteiger charge is -2.12. The molecule has 0 bridgehead atoms. The molecule has 0 aliphatic rings. The topological polar surface area (TPSA) is 109 Å². The van der Waals surface area contributed by atoms with E-state index in [2.05, 4.69) is 20.7 Å². The second-order valence-corrected chi connectivity index (χ2v) is 8.51. The lowest BCUT2D eigenvalue weighted by molar-refractivity contribution is 0.0916. The Morgan fingerprint density at radius 2 is 1.74 bits per heavy atom. The van der Waals surface area contributed by atoms with Crippen LogP contribution >= 0.6 is 23.2 Å². The van der Waals surface area contributed by atoms with Crippen molar-refractivity contribution in [1.82, 2.24) is 20.1 Å². The molecule has 178 valence electrons. The first kappa shape index (κ1) is 24.4. The average molecular weight is 510 g/mol. The third-order valence-electron chi connectivity index (χ3n) is 5.08. The molecule has 10 heteroatoms. The largest absolute Gasteiger partial charge is 0.394 e. The first-order chi connectivity index (χ1) is 16.9. The van der Waals surface area contributed by atoms with E-state index in [0.29, 0.717) is 22.0 Å². The number of aliphatic hydroxyl groups excluding tert-OH is 1. The molecule has 2 aromatic heterocycles. The van der Waals surface area contributed by atoms with Gasteiger partial charge >= 0.3 is 0 Å². The smallest absolute Gasteiger partial charge is 0.272 e. The number of rotatable bonds is 7. The average Bonchev–Trinajstić information content (AvgIpc) is 3.29. The Morgan fingerprint density at radius 3 is 2.43 bits per heavy atom. The first-order valence-corrected chi connectivity index (χ1v) is 11.4. The number of hydrogen-bond acceptors (Lipinski definition) is 5. The summed E-state index contributed by atoms with van der Waals surface area (Å²) in [6, 6.07) is 18.5. The van der Waals surface area contributed by atoms with Gasteiger partial charge in [-0.3, -0.25) is 14.6 Å². The second kappa shape index (κ2) is 10.7. The van der Waals surface area contributed by atoms with Crippen LogP contribution in [0.25, 0.3) is 16.9 Å². The monoisotopic (exact) mass is 509 g/mol. The zero-order valence-corrected chi connectivity index (χ0v) is 20.1. The summed E-state index contributed by atoms with van der Waals surface area (Å²) in [6.45, 7) is 1.44. The van der Waals surface area contributed by atoms with Crippen LogP contribution in [-0.4, -0.2) is 44.3 Å². The summed E-state index contributed by atoms with van der Waals surface area (Å²) in [4.78, 5) is 30.2. The maximum Gasteiger partial charge on any atom is 0.272 e. The molecule has 4 aromatic rings. The van der Waals surface area contributed by atoms with E-state index in [0.717, 1.165) is 0 Å². The number of nitrogens with one attached hydrogen (secondary N) is 2. The highest BCUT2D eigenvalue weighted by Crippen LogP contribution is 2.32. The van der Waals surface area contributed by atoms with Gasteiger partial charge in [-0.15, -0.1) is 0 Å². The normalized spacial score (nSPS) is 11.7. The highest BCUT2D eigenvalue weighted by molar-refractivity contribution is 6.38. The number of carbonyl (C=O) groups is 2. The van der Waals surface area contributed by atoms with Gasteiger partial charge in [-0.2, -0.15) is 5.10 Å². The van der Waals surface area contributed by atoms with Gasteiger partial charge < -0.3 is 15.7 Å². The molecule has 0 spiro atoms. The van der Waals surface area contributed by atoms with Crippen LogP contribution in [0.2, 0.25) is 10.0 Å². The number of anilines is 1. The van der Waals surface area contributed by atoms with Crippen LogP contribution in [0.1, 0.15) is 27.8 Å². The first-order valence-electron chi connectivity index (χ1n) is 10.7. The van der Waals surface area contributed by atoms with Gasteiger partial charge in [0.25, 0.3) is 11.8 Å². The third kappa shape index (κ3) is 5.51. The molecule has 0 saturated carbocycles. The van der Waals surface area contributed by atoms with Crippen LogP contribution < -0.4 is 10.6 Å². The summed E-state index contributed by atoms with van der Waals surface area (Å²) in [7, 11) is 0. The molecular formula is C25H21Cl2N5O3. The number of hydrogen-bond donors (Lipinski definition) is 3. The van der Waals surface area contributed by atoms with Crippen molar-refractivity contribution in [2.75, 3.05) is 11.9 Å². The van der Waals surface area contributed by atoms with Crippen LogP contribution in [0.5, 0.6) is 0 Å². The van der Waals surface area contributed by atoms with E-state index >= 15 is 0 Å². The van der Waals surface area contributed by atoms with E-state index in [1.165, 1.54) is 16.8 Å². The summed E-state index contributed by atoms with van der Waals surface area (Å²) in [5.41, 5.74) is 2.03. The van der Waals surface area contributed by atoms with Gasteiger partial charge in [0, 0.05) is 23.9 Å². The Bertz CT molecular complexity index is 1360. The molecule has 1 atom stereocenters. The van der Waals surface area contributed by atoms with Crippen LogP contribution in [-0.2, 0) is 0 Å². The van der Waals surface area contributed by atoms with Gasteiger partial charge in [0.2, 0.25) is 0 Å². The van der Waals surface area contributed by atoms with E-state index in [1.54, 1.807) is 43.5 Å². The van der Waals surface area contributed by atoms with E-state index in [9.17, 15) is 14.7 Å². The van der Waals surface area contributed by atoms with Crippen molar-refractivity contribution in [2.45, 2.75) is 13.0 Å². The van der Waals surface area contributed by atoms with Crippen molar-refractivity contribution >= 4 is 40.8 Å². The predicted octanol–water partition coefficient (Wildman–Crippen LogP) is 4.60. The van der Waals surface area contributed by atoms with Crippen molar-refractivity contribution in [3.63, 3.8) is 0 Å². The van der Waals surface area contributed by atoms with E-state index in [4.69, 9.17) is 23.2 Å². The third-order valence-corrected chi connectivity index (χ3v) is 5.70. The van der Waals surface area contributed by atoms with Crippen molar-refractivity contribution in [2.24, 2.45) is 0 Å². The number of para-hydroxylation sites is 1. The van der Waals surface area contributed by atoms with Gasteiger partial charge in [-0.05, 0) is 43.3 Å². The maximum atomic E-state index is 13.3. The Morgan fingerprint density at radius 1 is 1.00 bits per heavy atom. The number of pyridine rings is 1. The number of aromatic nitrogens is 3. The molecule has 35 heavy (non-hydrogen) atoms. The highest BCUT2D eigenvalue weighted by atomic mass is 35.5. The number of aliphatic hydroxyl groups is 1. The minimum Gasteiger partial charge on any atom is -0.394 e. The summed E-state index contributed by atoms with van der Waals surface area (Å²) >= 11 is 12.7. The summed E-state index contributed by atoms with van der Waals surface area (Å²) in [5.74, 6) is -0.747. The summed E-state index contributed by atoms with van der Waals surface area (Å²) < 4.78 is 1.44. The fourth-order valence-corrected chi connectivity index (χ4v) is 3.88. The maximum absolute atomic E-state index is 13.3. The molecule has 0 unspecified atom stereocenters. The molecule has 0 aliphatic carbocycles. The fraction of sp³-hybridized carbons (Fsp3) is 0.120. The Labute approximate surface area is 211 Å². The number of amides is 2. The summed E-state index contributed by atoms with van der Waals surface area (Å²) in [5, 5.41) is 19.6. The van der Waals surface area contributed by atoms with Crippen LogP contribution in [0.15, 0.2) is 72.9 Å². The standard InChI is InChI=1S/C25H21Cl2N5O3/c1-15(14-33)29-25(35)22-13-23(32(31-22)16-7-3-2-4-8-16)30-24(34)18-11-17(19(26)12-20(18)27)21-9-5-6-10-28-21/h2-13,15,33H,14H2,1H3,(H,29,35)(H,30,34)/t15-/m1/s1. The molecule has 2 amide bonds. The van der Waals surface area contributed by atoms with Crippen LogP contribution in [0.4, 0.5) is 5.82 Å². The fourth-order valence-electron chi connectivity index (χ4n) is 3.32. The van der Waals surface area contributed by atoms with Crippen molar-refractivity contribution in [3.05, 3.63) is 94.2 Å². The zero-order chi connectivity index (χ0) is 24.9. The Hall–Kier alpha value is -3.72. The Kier molecular flexibility index (Phi) is 7.45. The van der Waals surface area contributed by atoms with Crippen LogP contribution in [0.3, 0.4) is 0 Å². The molecule has 3 N–H and O–H groups in total. The van der Waals surface area contributed by atoms with Gasteiger partial charge in [0.15, 0.2) is 5.69 Å². The van der Waals surface area contributed by atoms with Gasteiger partial charge in [-0.25, -0.2) is 4.68 Å². The molecule has 8 nitrogen and oxygen atoms in total. The molecule has 2 heterocycles. The van der Waals surface area contributed by atoms with Crippen molar-refractivity contribution in [3.8, 4) is 16.9 Å². The van der Waals surface area contributed by atoms with Crippen LogP contribution in [0, 0.1) is 0 Å². The second-order valence-electron chi connectivity index (χ2n) is 7.70. The van der Waals surface area contributed by atoms with E-state index < -0.39 is 17.9 Å². The zero-order valence-electron chi connectivity index (χ0n) is 18.6. The number of benzene rings is 2. The molecular weight excluding hydrogens is 489 g/mol. The summed E-state index contributed by atoms with van der Waals surface area (Å²) in [6.07, 6.45) is 1.63. The van der Waals surface area contributed by atoms with Gasteiger partial charge in [0.1, 0.15) is 5.82 Å². The molecule has 4 rings (SSSR count).